The Morgan fingerprint density at radius 3 is 1.05 bits per heavy atom. The highest BCUT2D eigenvalue weighted by Crippen LogP contribution is 2.18. The van der Waals surface area contributed by atoms with E-state index >= 15 is 0 Å². The Kier molecular flexibility index (Phi) is 15.8. The third kappa shape index (κ3) is 10.1. The average molecular weight is 519 g/mol. The molecule has 0 spiro atoms. The van der Waals surface area contributed by atoms with Gasteiger partial charge in [-0.05, 0) is 53.8 Å². The van der Waals surface area contributed by atoms with Crippen LogP contribution in [0.25, 0.3) is 0 Å². The van der Waals surface area contributed by atoms with Gasteiger partial charge in [-0.3, -0.25) is 0 Å². The monoisotopic (exact) mass is 518 g/mol. The Balaban J connectivity index is 0.00000118. The topological polar surface area (TPSA) is 79.7 Å². The molecule has 5 nitrogen and oxygen atoms in total. The SMILES string of the molecule is CCCCOc1ccccc1B(c1ccccc1OCCCC)c1ccccc1OCCCC.NCCN. The van der Waals surface area contributed by atoms with Gasteiger partial charge in [-0.15, -0.1) is 0 Å². The molecule has 0 atom stereocenters. The Hall–Kier alpha value is -2.96. The summed E-state index contributed by atoms with van der Waals surface area (Å²) in [6, 6.07) is 25.2. The fourth-order valence-electron chi connectivity index (χ4n) is 4.03. The maximum atomic E-state index is 6.30. The van der Waals surface area contributed by atoms with Gasteiger partial charge in [0.1, 0.15) is 17.2 Å². The molecule has 0 bridgehead atoms. The van der Waals surface area contributed by atoms with Crippen LogP contribution < -0.4 is 42.1 Å². The minimum atomic E-state index is -0.0616. The number of ether oxygens (including phenoxy) is 3. The van der Waals surface area contributed by atoms with Gasteiger partial charge in [0.15, 0.2) is 0 Å². The first-order valence-electron chi connectivity index (χ1n) is 14.3. The molecule has 3 aromatic carbocycles. The molecule has 0 aromatic heterocycles. The van der Waals surface area contributed by atoms with Crippen molar-refractivity contribution in [3.8, 4) is 17.2 Å². The summed E-state index contributed by atoms with van der Waals surface area (Å²) in [6.07, 6.45) is 6.42. The zero-order valence-corrected chi connectivity index (χ0v) is 23.7. The van der Waals surface area contributed by atoms with Gasteiger partial charge in [-0.1, -0.05) is 94.6 Å². The van der Waals surface area contributed by atoms with E-state index in [1.807, 2.05) is 0 Å². The molecule has 4 N–H and O–H groups in total. The van der Waals surface area contributed by atoms with Gasteiger partial charge in [0, 0.05) is 13.1 Å². The molecular formula is C32H47BN2O3. The van der Waals surface area contributed by atoms with E-state index in [2.05, 4.69) is 93.6 Å². The summed E-state index contributed by atoms with van der Waals surface area (Å²) >= 11 is 0. The van der Waals surface area contributed by atoms with E-state index in [0.29, 0.717) is 32.9 Å². The molecule has 206 valence electrons. The number of benzene rings is 3. The van der Waals surface area contributed by atoms with Crippen LogP contribution in [-0.4, -0.2) is 39.6 Å². The summed E-state index contributed by atoms with van der Waals surface area (Å²) in [5.74, 6) is 2.77. The van der Waals surface area contributed by atoms with E-state index in [0.717, 1.165) is 72.2 Å². The summed E-state index contributed by atoms with van der Waals surface area (Å²) in [7, 11) is 0. The Bertz CT molecular complexity index is 902. The molecule has 0 unspecified atom stereocenters. The smallest absolute Gasteiger partial charge is 0.255 e. The van der Waals surface area contributed by atoms with Gasteiger partial charge in [0.2, 0.25) is 0 Å². The zero-order valence-electron chi connectivity index (χ0n) is 23.7. The van der Waals surface area contributed by atoms with E-state index in [1.54, 1.807) is 0 Å². The van der Waals surface area contributed by atoms with E-state index in [1.165, 1.54) is 0 Å². The second-order valence-corrected chi connectivity index (χ2v) is 9.23. The minimum Gasteiger partial charge on any atom is -0.494 e. The first-order chi connectivity index (χ1) is 18.7. The van der Waals surface area contributed by atoms with Crippen LogP contribution in [0.1, 0.15) is 59.3 Å². The quantitative estimate of drug-likeness (QED) is 0.213. The Morgan fingerprint density at radius 2 is 0.789 bits per heavy atom. The lowest BCUT2D eigenvalue weighted by Crippen LogP contribution is -2.53. The normalized spacial score (nSPS) is 10.3. The lowest BCUT2D eigenvalue weighted by molar-refractivity contribution is 0.310. The van der Waals surface area contributed by atoms with Gasteiger partial charge in [0.05, 0.1) is 19.8 Å². The molecule has 3 rings (SSSR count). The van der Waals surface area contributed by atoms with Gasteiger partial charge in [-0.25, -0.2) is 0 Å². The summed E-state index contributed by atoms with van der Waals surface area (Å²) in [6.45, 7) is 9.83. The van der Waals surface area contributed by atoms with Crippen molar-refractivity contribution in [2.45, 2.75) is 59.3 Å². The number of unbranched alkanes of at least 4 members (excludes halogenated alkanes) is 3. The lowest BCUT2D eigenvalue weighted by atomic mass is 9.36. The van der Waals surface area contributed by atoms with Gasteiger partial charge in [-0.2, -0.15) is 0 Å². The van der Waals surface area contributed by atoms with Crippen molar-refractivity contribution in [2.24, 2.45) is 11.5 Å². The molecule has 0 aliphatic carbocycles. The molecule has 0 amide bonds. The molecule has 0 saturated heterocycles. The number of rotatable bonds is 16. The highest BCUT2D eigenvalue weighted by atomic mass is 16.5. The van der Waals surface area contributed by atoms with Gasteiger partial charge in [0.25, 0.3) is 6.71 Å². The highest BCUT2D eigenvalue weighted by Gasteiger charge is 2.30. The predicted octanol–water partition coefficient (Wildman–Crippen LogP) is 4.64. The van der Waals surface area contributed by atoms with E-state index < -0.39 is 0 Å². The fraction of sp³-hybridized carbons (Fsp3) is 0.438. The van der Waals surface area contributed by atoms with Crippen molar-refractivity contribution in [1.29, 1.82) is 0 Å². The molecule has 38 heavy (non-hydrogen) atoms. The summed E-state index contributed by atoms with van der Waals surface area (Å²) in [4.78, 5) is 0. The van der Waals surface area contributed by atoms with Crippen LogP contribution in [0.15, 0.2) is 72.8 Å². The number of hydrogen-bond acceptors (Lipinski definition) is 5. The number of para-hydroxylation sites is 3. The largest absolute Gasteiger partial charge is 0.494 e. The minimum absolute atomic E-state index is 0.0616. The molecule has 0 saturated carbocycles. The Labute approximate surface area is 231 Å². The third-order valence-electron chi connectivity index (χ3n) is 6.12. The van der Waals surface area contributed by atoms with Crippen LogP contribution >= 0.6 is 0 Å². The predicted molar refractivity (Wildman–Crippen MR) is 163 cm³/mol. The van der Waals surface area contributed by atoms with Crippen molar-refractivity contribution < 1.29 is 14.2 Å². The van der Waals surface area contributed by atoms with Crippen LogP contribution in [0.2, 0.25) is 0 Å². The first kappa shape index (κ1) is 31.3. The van der Waals surface area contributed by atoms with Gasteiger partial charge < -0.3 is 25.7 Å². The Morgan fingerprint density at radius 1 is 0.500 bits per heavy atom. The van der Waals surface area contributed by atoms with Crippen LogP contribution in [0.4, 0.5) is 0 Å². The van der Waals surface area contributed by atoms with Crippen LogP contribution in [-0.2, 0) is 0 Å². The summed E-state index contributed by atoms with van der Waals surface area (Å²) < 4.78 is 18.9. The van der Waals surface area contributed by atoms with Crippen molar-refractivity contribution in [1.82, 2.24) is 0 Å². The standard InChI is InChI=1S/C30H39BO3.C2H8N2/c1-4-7-22-32-28-19-13-10-16-25(28)31(26-17-11-14-20-29(26)33-23-8-5-2)27-18-12-15-21-30(27)34-24-9-6-3;3-1-2-4/h10-21H,4-9,22-24H2,1-3H3;1-4H2. The maximum absolute atomic E-state index is 6.30. The second kappa shape index (κ2) is 19.2. The maximum Gasteiger partial charge on any atom is 0.255 e. The van der Waals surface area contributed by atoms with E-state index in [-0.39, 0.29) is 6.71 Å². The molecule has 0 radical (unpaired) electrons. The lowest BCUT2D eigenvalue weighted by Gasteiger charge is -2.23. The fourth-order valence-corrected chi connectivity index (χ4v) is 4.03. The molecule has 0 aliphatic rings. The first-order valence-corrected chi connectivity index (χ1v) is 14.3. The summed E-state index contributed by atoms with van der Waals surface area (Å²) in [5, 5.41) is 0. The number of nitrogens with two attached hydrogens (primary N) is 2. The molecule has 0 heterocycles. The average Bonchev–Trinajstić information content (AvgIpc) is 2.96. The van der Waals surface area contributed by atoms with Crippen LogP contribution in [0, 0.1) is 0 Å². The van der Waals surface area contributed by atoms with Crippen molar-refractivity contribution in [3.05, 3.63) is 72.8 Å². The third-order valence-corrected chi connectivity index (χ3v) is 6.12. The van der Waals surface area contributed by atoms with Crippen molar-refractivity contribution in [3.63, 3.8) is 0 Å². The van der Waals surface area contributed by atoms with E-state index in [4.69, 9.17) is 25.7 Å². The second-order valence-electron chi connectivity index (χ2n) is 9.23. The van der Waals surface area contributed by atoms with Crippen molar-refractivity contribution >= 4 is 23.1 Å². The molecule has 3 aromatic rings. The highest BCUT2D eigenvalue weighted by molar-refractivity contribution is 6.97. The molecule has 6 heteroatoms. The molecule has 0 fully saturated rings. The number of hydrogen-bond donors (Lipinski definition) is 2. The molecule has 0 aliphatic heterocycles. The molecular weight excluding hydrogens is 471 g/mol. The zero-order chi connectivity index (χ0) is 27.4. The van der Waals surface area contributed by atoms with Gasteiger partial charge >= 0.3 is 0 Å². The van der Waals surface area contributed by atoms with Crippen molar-refractivity contribution in [2.75, 3.05) is 32.9 Å². The van der Waals surface area contributed by atoms with Crippen LogP contribution in [0.5, 0.6) is 17.2 Å². The summed E-state index contributed by atoms with van der Waals surface area (Å²) in [5.41, 5.74) is 13.2. The van der Waals surface area contributed by atoms with E-state index in [9.17, 15) is 0 Å². The van der Waals surface area contributed by atoms with Crippen LogP contribution in [0.3, 0.4) is 0 Å².